The number of oxime groups is 1. The standard InChI is InChI=1S/C17H23Cl2NO4/c1-4-14-11-15(23-9-6-16(18)19)10-12(2)17(14)24-8-5-7-22-13(3)20-21/h6,10-11,21H,4-5,7-9H2,1-3H3. The molecule has 0 aliphatic carbocycles. The molecule has 0 saturated heterocycles. The molecule has 0 amide bonds. The summed E-state index contributed by atoms with van der Waals surface area (Å²) in [5, 5.41) is 11.4. The SMILES string of the molecule is CCc1cc(OCC=C(Cl)Cl)cc(C)c1OCCCOC(C)=NO. The Labute approximate surface area is 152 Å². The van der Waals surface area contributed by atoms with Gasteiger partial charge in [0, 0.05) is 13.3 Å². The van der Waals surface area contributed by atoms with Crippen molar-refractivity contribution in [3.05, 3.63) is 33.8 Å². The molecule has 0 radical (unpaired) electrons. The van der Waals surface area contributed by atoms with E-state index in [9.17, 15) is 0 Å². The van der Waals surface area contributed by atoms with Crippen molar-refractivity contribution < 1.29 is 19.4 Å². The minimum Gasteiger partial charge on any atom is -0.493 e. The van der Waals surface area contributed by atoms with Crippen molar-refractivity contribution in [3.63, 3.8) is 0 Å². The van der Waals surface area contributed by atoms with E-state index in [1.165, 1.54) is 0 Å². The molecule has 1 aromatic rings. The van der Waals surface area contributed by atoms with Crippen LogP contribution in [-0.2, 0) is 11.2 Å². The van der Waals surface area contributed by atoms with E-state index < -0.39 is 0 Å². The first kappa shape index (κ1) is 20.5. The van der Waals surface area contributed by atoms with Gasteiger partial charge in [0.2, 0.25) is 5.90 Å². The third kappa shape index (κ3) is 7.32. The molecular weight excluding hydrogens is 353 g/mol. The zero-order chi connectivity index (χ0) is 17.9. The summed E-state index contributed by atoms with van der Waals surface area (Å²) in [5.74, 6) is 1.86. The molecule has 7 heteroatoms. The maximum absolute atomic E-state index is 8.49. The predicted molar refractivity (Wildman–Crippen MR) is 96.8 cm³/mol. The molecule has 0 saturated carbocycles. The summed E-state index contributed by atoms with van der Waals surface area (Å²) in [6.07, 6.45) is 3.10. The Balaban J connectivity index is 2.62. The van der Waals surface area contributed by atoms with Crippen LogP contribution in [0.25, 0.3) is 0 Å². The zero-order valence-electron chi connectivity index (χ0n) is 14.1. The molecule has 5 nitrogen and oxygen atoms in total. The zero-order valence-corrected chi connectivity index (χ0v) is 15.7. The van der Waals surface area contributed by atoms with Crippen LogP contribution in [0.4, 0.5) is 0 Å². The van der Waals surface area contributed by atoms with Crippen molar-refractivity contribution >= 4 is 29.1 Å². The lowest BCUT2D eigenvalue weighted by Gasteiger charge is -2.15. The predicted octanol–water partition coefficient (Wildman–Crippen LogP) is 4.85. The van der Waals surface area contributed by atoms with Crippen molar-refractivity contribution in [1.82, 2.24) is 0 Å². The summed E-state index contributed by atoms with van der Waals surface area (Å²) in [7, 11) is 0. The second kappa shape index (κ2) is 11.0. The number of nitrogens with zero attached hydrogens (tertiary/aromatic N) is 1. The lowest BCUT2D eigenvalue weighted by atomic mass is 10.1. The largest absolute Gasteiger partial charge is 0.493 e. The number of rotatable bonds is 9. The van der Waals surface area contributed by atoms with Crippen molar-refractivity contribution in [1.29, 1.82) is 0 Å². The van der Waals surface area contributed by atoms with Gasteiger partial charge in [-0.2, -0.15) is 0 Å². The normalized spacial score (nSPS) is 11.1. The lowest BCUT2D eigenvalue weighted by molar-refractivity contribution is 0.220. The van der Waals surface area contributed by atoms with Gasteiger partial charge in [-0.15, -0.1) is 0 Å². The van der Waals surface area contributed by atoms with Crippen LogP contribution in [0.15, 0.2) is 27.9 Å². The van der Waals surface area contributed by atoms with E-state index in [2.05, 4.69) is 12.1 Å². The summed E-state index contributed by atoms with van der Waals surface area (Å²) in [6, 6.07) is 3.88. The minimum absolute atomic E-state index is 0.186. The average molecular weight is 376 g/mol. The van der Waals surface area contributed by atoms with Gasteiger partial charge in [-0.05, 0) is 42.7 Å². The monoisotopic (exact) mass is 375 g/mol. The highest BCUT2D eigenvalue weighted by atomic mass is 35.5. The highest BCUT2D eigenvalue weighted by Gasteiger charge is 2.09. The fraction of sp³-hybridized carbons (Fsp3) is 0.471. The van der Waals surface area contributed by atoms with E-state index in [4.69, 9.17) is 42.6 Å². The summed E-state index contributed by atoms with van der Waals surface area (Å²) >= 11 is 11.1. The van der Waals surface area contributed by atoms with Gasteiger partial charge >= 0.3 is 0 Å². The molecular formula is C17H23Cl2NO4. The first-order chi connectivity index (χ1) is 11.5. The van der Waals surface area contributed by atoms with Gasteiger partial charge in [0.15, 0.2) is 0 Å². The molecule has 24 heavy (non-hydrogen) atoms. The van der Waals surface area contributed by atoms with E-state index in [0.29, 0.717) is 26.2 Å². The van der Waals surface area contributed by atoms with Gasteiger partial charge in [0.1, 0.15) is 22.6 Å². The third-order valence-electron chi connectivity index (χ3n) is 3.18. The maximum Gasteiger partial charge on any atom is 0.222 e. The number of ether oxygens (including phenoxy) is 3. The average Bonchev–Trinajstić information content (AvgIpc) is 2.55. The van der Waals surface area contributed by atoms with E-state index >= 15 is 0 Å². The smallest absolute Gasteiger partial charge is 0.222 e. The number of hydrogen-bond acceptors (Lipinski definition) is 5. The third-order valence-corrected chi connectivity index (χ3v) is 3.49. The fourth-order valence-corrected chi connectivity index (χ4v) is 2.17. The Morgan fingerprint density at radius 2 is 2.00 bits per heavy atom. The van der Waals surface area contributed by atoms with Crippen molar-refractivity contribution in [2.24, 2.45) is 5.16 Å². The van der Waals surface area contributed by atoms with Gasteiger partial charge in [-0.25, -0.2) is 0 Å². The van der Waals surface area contributed by atoms with E-state index in [-0.39, 0.29) is 10.4 Å². The summed E-state index contributed by atoms with van der Waals surface area (Å²) in [4.78, 5) is 0. The Hall–Kier alpha value is -1.59. The van der Waals surface area contributed by atoms with E-state index in [0.717, 1.165) is 29.0 Å². The fourth-order valence-electron chi connectivity index (χ4n) is 2.05. The molecule has 134 valence electrons. The van der Waals surface area contributed by atoms with Crippen molar-refractivity contribution in [2.45, 2.75) is 33.6 Å². The Kier molecular flexibility index (Phi) is 9.42. The summed E-state index contributed by atoms with van der Waals surface area (Å²) in [6.45, 7) is 6.89. The molecule has 1 aromatic carbocycles. The Bertz CT molecular complexity index is 584. The first-order valence-corrected chi connectivity index (χ1v) is 8.45. The topological polar surface area (TPSA) is 60.3 Å². The molecule has 0 heterocycles. The van der Waals surface area contributed by atoms with Crippen LogP contribution in [0.3, 0.4) is 0 Å². The number of aryl methyl sites for hydroxylation is 2. The summed E-state index contributed by atoms with van der Waals surface area (Å²) in [5.41, 5.74) is 2.07. The number of benzene rings is 1. The van der Waals surface area contributed by atoms with Gasteiger partial charge in [-0.3, -0.25) is 0 Å². The Morgan fingerprint density at radius 3 is 2.62 bits per heavy atom. The van der Waals surface area contributed by atoms with Crippen molar-refractivity contribution in [2.75, 3.05) is 19.8 Å². The Morgan fingerprint density at radius 1 is 1.25 bits per heavy atom. The second-order valence-electron chi connectivity index (χ2n) is 5.06. The molecule has 1 rings (SSSR count). The molecule has 0 spiro atoms. The molecule has 1 N–H and O–H groups in total. The highest BCUT2D eigenvalue weighted by Crippen LogP contribution is 2.30. The number of halogens is 2. The highest BCUT2D eigenvalue weighted by molar-refractivity contribution is 6.55. The maximum atomic E-state index is 8.49. The first-order valence-electron chi connectivity index (χ1n) is 7.69. The lowest BCUT2D eigenvalue weighted by Crippen LogP contribution is -2.08. The van der Waals surface area contributed by atoms with Gasteiger partial charge in [-0.1, -0.05) is 35.3 Å². The molecule has 0 aliphatic heterocycles. The molecule has 0 aliphatic rings. The molecule has 0 atom stereocenters. The van der Waals surface area contributed by atoms with Crippen LogP contribution in [0, 0.1) is 6.92 Å². The quantitative estimate of drug-likeness (QED) is 0.220. The van der Waals surface area contributed by atoms with Gasteiger partial charge in [0.05, 0.1) is 13.2 Å². The number of hydrogen-bond donors (Lipinski definition) is 1. The minimum atomic E-state index is 0.186. The van der Waals surface area contributed by atoms with Crippen LogP contribution in [0.2, 0.25) is 0 Å². The summed E-state index contributed by atoms with van der Waals surface area (Å²) < 4.78 is 16.9. The van der Waals surface area contributed by atoms with E-state index in [1.54, 1.807) is 13.0 Å². The van der Waals surface area contributed by atoms with Crippen LogP contribution in [0.1, 0.15) is 31.4 Å². The second-order valence-corrected chi connectivity index (χ2v) is 6.06. The van der Waals surface area contributed by atoms with Crippen LogP contribution in [-0.4, -0.2) is 30.9 Å². The molecule has 0 bridgehead atoms. The van der Waals surface area contributed by atoms with E-state index in [1.807, 2.05) is 19.1 Å². The van der Waals surface area contributed by atoms with Crippen LogP contribution < -0.4 is 9.47 Å². The molecule has 0 fully saturated rings. The van der Waals surface area contributed by atoms with Crippen LogP contribution in [0.5, 0.6) is 11.5 Å². The van der Waals surface area contributed by atoms with Gasteiger partial charge < -0.3 is 19.4 Å². The molecule has 0 aromatic heterocycles. The molecule has 0 unspecified atom stereocenters. The van der Waals surface area contributed by atoms with Gasteiger partial charge in [0.25, 0.3) is 0 Å². The van der Waals surface area contributed by atoms with Crippen molar-refractivity contribution in [3.8, 4) is 11.5 Å². The van der Waals surface area contributed by atoms with Crippen LogP contribution >= 0.6 is 23.2 Å².